The zero-order valence-corrected chi connectivity index (χ0v) is 15.1. The van der Waals surface area contributed by atoms with Gasteiger partial charge in [0.15, 0.2) is 18.1 Å². The third-order valence-corrected chi connectivity index (χ3v) is 4.11. The van der Waals surface area contributed by atoms with Crippen molar-refractivity contribution in [2.45, 2.75) is 38.7 Å². The molecule has 0 saturated heterocycles. The molecule has 0 aromatic heterocycles. The Labute approximate surface area is 156 Å². The first kappa shape index (κ1) is 20.7. The summed E-state index contributed by atoms with van der Waals surface area (Å²) in [6.45, 7) is -3.19. The number of ether oxygens (including phenoxy) is 3. The van der Waals surface area contributed by atoms with E-state index in [2.05, 4.69) is 16.1 Å². The smallest absolute Gasteiger partial charge is 0.387 e. The van der Waals surface area contributed by atoms with Crippen molar-refractivity contribution in [2.75, 3.05) is 20.3 Å². The molecule has 0 unspecified atom stereocenters. The predicted octanol–water partition coefficient (Wildman–Crippen LogP) is 3.46. The van der Waals surface area contributed by atoms with Gasteiger partial charge in [-0.05, 0) is 44.2 Å². The summed E-state index contributed by atoms with van der Waals surface area (Å²) in [5.74, 6) is -1.87. The number of hydrogen-bond donors (Lipinski definition) is 1. The second-order valence-corrected chi connectivity index (χ2v) is 6.00. The van der Waals surface area contributed by atoms with Gasteiger partial charge in [-0.15, -0.1) is 0 Å². The third-order valence-electron chi connectivity index (χ3n) is 4.11. The van der Waals surface area contributed by atoms with E-state index in [9.17, 15) is 18.4 Å². The molecule has 0 heterocycles. The average Bonchev–Trinajstić information content (AvgIpc) is 2.66. The monoisotopic (exact) mass is 383 g/mol. The highest BCUT2D eigenvalue weighted by atomic mass is 19.3. The van der Waals surface area contributed by atoms with Crippen LogP contribution in [0.4, 0.5) is 8.78 Å². The largest absolute Gasteiger partial charge is 0.493 e. The van der Waals surface area contributed by atoms with Crippen LogP contribution in [0.3, 0.4) is 0 Å². The zero-order chi connectivity index (χ0) is 19.6. The van der Waals surface area contributed by atoms with Gasteiger partial charge in [-0.2, -0.15) is 8.78 Å². The fraction of sp³-hybridized carbons (Fsp3) is 0.474. The average molecular weight is 383 g/mol. The van der Waals surface area contributed by atoms with Crippen LogP contribution in [0.15, 0.2) is 29.8 Å². The summed E-state index contributed by atoms with van der Waals surface area (Å²) in [6.07, 6.45) is 7.46. The van der Waals surface area contributed by atoms with Crippen LogP contribution in [0.25, 0.3) is 0 Å². The van der Waals surface area contributed by atoms with Crippen molar-refractivity contribution in [1.82, 2.24) is 5.32 Å². The number of allylic oxidation sites excluding steroid dienone is 1. The molecule has 27 heavy (non-hydrogen) atoms. The Morgan fingerprint density at radius 1 is 1.26 bits per heavy atom. The lowest BCUT2D eigenvalue weighted by Gasteiger charge is -2.14. The van der Waals surface area contributed by atoms with Crippen molar-refractivity contribution in [3.8, 4) is 11.5 Å². The van der Waals surface area contributed by atoms with E-state index >= 15 is 0 Å². The summed E-state index contributed by atoms with van der Waals surface area (Å²) < 4.78 is 39.4. The van der Waals surface area contributed by atoms with Gasteiger partial charge in [-0.25, -0.2) is 4.79 Å². The molecule has 0 radical (unpaired) electrons. The molecule has 6 nitrogen and oxygen atoms in total. The van der Waals surface area contributed by atoms with Gasteiger partial charge in [-0.3, -0.25) is 4.79 Å². The Hall–Kier alpha value is -2.64. The summed E-state index contributed by atoms with van der Waals surface area (Å²) in [7, 11) is 1.26. The lowest BCUT2D eigenvalue weighted by molar-refractivity contribution is -0.124. The van der Waals surface area contributed by atoms with Gasteiger partial charge in [0.25, 0.3) is 5.91 Å². The number of benzene rings is 1. The van der Waals surface area contributed by atoms with Gasteiger partial charge < -0.3 is 19.5 Å². The molecule has 0 spiro atoms. The number of methoxy groups -OCH3 is 1. The number of rotatable bonds is 9. The summed E-state index contributed by atoms with van der Waals surface area (Å²) >= 11 is 0. The van der Waals surface area contributed by atoms with Gasteiger partial charge >= 0.3 is 12.6 Å². The second-order valence-electron chi connectivity index (χ2n) is 6.00. The number of esters is 1. The Kier molecular flexibility index (Phi) is 8.03. The standard InChI is InChI=1S/C19H23F2NO5/c1-25-15-9-5-8-14(17(15)27-19(20)21)18(24)26-12-16(23)22-11-10-13-6-3-2-4-7-13/h5-6,8-9,19H,2-4,7,10-12H2,1H3,(H,22,23). The molecule has 1 aliphatic carbocycles. The number of amides is 1. The number of hydrogen-bond acceptors (Lipinski definition) is 5. The van der Waals surface area contributed by atoms with Crippen LogP contribution in [0, 0.1) is 0 Å². The summed E-state index contributed by atoms with van der Waals surface area (Å²) in [4.78, 5) is 24.0. The van der Waals surface area contributed by atoms with E-state index in [1.54, 1.807) is 0 Å². The quantitative estimate of drug-likeness (QED) is 0.522. The summed E-state index contributed by atoms with van der Waals surface area (Å²) in [5, 5.41) is 2.67. The molecule has 1 N–H and O–H groups in total. The maximum Gasteiger partial charge on any atom is 0.387 e. The van der Waals surface area contributed by atoms with Crippen molar-refractivity contribution >= 4 is 11.9 Å². The van der Waals surface area contributed by atoms with Crippen molar-refractivity contribution in [2.24, 2.45) is 0 Å². The maximum atomic E-state index is 12.6. The molecule has 0 aliphatic heterocycles. The first-order valence-corrected chi connectivity index (χ1v) is 8.74. The van der Waals surface area contributed by atoms with Crippen molar-refractivity contribution in [3.05, 3.63) is 35.4 Å². The summed E-state index contributed by atoms with van der Waals surface area (Å²) in [5.41, 5.74) is 1.08. The van der Waals surface area contributed by atoms with Crippen LogP contribution in [0.1, 0.15) is 42.5 Å². The zero-order valence-electron chi connectivity index (χ0n) is 15.1. The van der Waals surface area contributed by atoms with Crippen molar-refractivity contribution < 1.29 is 32.6 Å². The molecule has 1 aliphatic rings. The molecule has 0 bridgehead atoms. The van der Waals surface area contributed by atoms with E-state index in [1.807, 2.05) is 0 Å². The van der Waals surface area contributed by atoms with Gasteiger partial charge in [0, 0.05) is 6.54 Å². The molecule has 0 atom stereocenters. The van der Waals surface area contributed by atoms with Crippen molar-refractivity contribution in [3.63, 3.8) is 0 Å². The van der Waals surface area contributed by atoms with Crippen LogP contribution in [0.2, 0.25) is 0 Å². The van der Waals surface area contributed by atoms with Gasteiger partial charge in [-0.1, -0.05) is 17.7 Å². The first-order valence-electron chi connectivity index (χ1n) is 8.74. The minimum Gasteiger partial charge on any atom is -0.493 e. The topological polar surface area (TPSA) is 73.9 Å². The molecule has 8 heteroatoms. The Balaban J connectivity index is 1.85. The van der Waals surface area contributed by atoms with Gasteiger partial charge in [0.2, 0.25) is 0 Å². The first-order chi connectivity index (χ1) is 13.0. The van der Waals surface area contributed by atoms with Crippen LogP contribution in [0.5, 0.6) is 11.5 Å². The molecule has 0 fully saturated rings. The maximum absolute atomic E-state index is 12.6. The van der Waals surface area contributed by atoms with Crippen LogP contribution >= 0.6 is 0 Å². The van der Waals surface area contributed by atoms with E-state index in [0.29, 0.717) is 6.54 Å². The molecule has 148 valence electrons. The fourth-order valence-electron chi connectivity index (χ4n) is 2.80. The number of halogens is 2. The number of carbonyl (C=O) groups excluding carboxylic acids is 2. The minimum atomic E-state index is -3.13. The molecule has 0 saturated carbocycles. The Morgan fingerprint density at radius 3 is 2.74 bits per heavy atom. The molecular formula is C19H23F2NO5. The van der Waals surface area contributed by atoms with Crippen LogP contribution in [-0.2, 0) is 9.53 Å². The van der Waals surface area contributed by atoms with Crippen LogP contribution < -0.4 is 14.8 Å². The normalized spacial score (nSPS) is 13.7. The number of nitrogens with one attached hydrogen (secondary N) is 1. The highest BCUT2D eigenvalue weighted by Crippen LogP contribution is 2.32. The van der Waals surface area contributed by atoms with E-state index in [1.165, 1.54) is 43.7 Å². The molecule has 1 amide bonds. The highest BCUT2D eigenvalue weighted by molar-refractivity contribution is 5.94. The Bertz CT molecular complexity index is 691. The molecular weight excluding hydrogens is 360 g/mol. The second kappa shape index (κ2) is 10.5. The van der Waals surface area contributed by atoms with Gasteiger partial charge in [0.1, 0.15) is 5.56 Å². The SMILES string of the molecule is COc1cccc(C(=O)OCC(=O)NCCC2=CCCCC2)c1OC(F)F. The van der Waals surface area contributed by atoms with E-state index in [-0.39, 0.29) is 11.3 Å². The molecule has 1 aromatic rings. The van der Waals surface area contributed by atoms with E-state index < -0.39 is 30.8 Å². The number of para-hydroxylation sites is 1. The molecule has 2 rings (SSSR count). The van der Waals surface area contributed by atoms with E-state index in [0.717, 1.165) is 19.3 Å². The molecule has 1 aromatic carbocycles. The minimum absolute atomic E-state index is 0.0324. The van der Waals surface area contributed by atoms with Crippen LogP contribution in [-0.4, -0.2) is 38.7 Å². The number of carbonyl (C=O) groups is 2. The van der Waals surface area contributed by atoms with E-state index in [4.69, 9.17) is 9.47 Å². The lowest BCUT2D eigenvalue weighted by Crippen LogP contribution is -2.30. The van der Waals surface area contributed by atoms with Gasteiger partial charge in [0.05, 0.1) is 7.11 Å². The third kappa shape index (κ3) is 6.54. The van der Waals surface area contributed by atoms with Crippen molar-refractivity contribution in [1.29, 1.82) is 0 Å². The Morgan fingerprint density at radius 2 is 2.07 bits per heavy atom. The fourth-order valence-corrected chi connectivity index (χ4v) is 2.80. The highest BCUT2D eigenvalue weighted by Gasteiger charge is 2.22. The summed E-state index contributed by atoms with van der Waals surface area (Å²) in [6, 6.07) is 4.07. The number of alkyl halides is 2. The lowest BCUT2D eigenvalue weighted by atomic mass is 9.97. The predicted molar refractivity (Wildman–Crippen MR) is 94.1 cm³/mol.